The van der Waals surface area contributed by atoms with Gasteiger partial charge in [0, 0.05) is 41.8 Å². The van der Waals surface area contributed by atoms with Crippen LogP contribution in [0, 0.1) is 0 Å². The van der Waals surface area contributed by atoms with Crippen molar-refractivity contribution < 1.29 is 0 Å². The first kappa shape index (κ1) is 17.5. The molecule has 3 aromatic heterocycles. The number of benzene rings is 1. The SMILES string of the molecule is CN(C)Cc1ccc(C2=NC=C2c2ccc3ncc(-c4ccccn4)n3c2)cc1. The van der Waals surface area contributed by atoms with Crippen LogP contribution in [0.5, 0.6) is 0 Å². The summed E-state index contributed by atoms with van der Waals surface area (Å²) in [7, 11) is 4.16. The first-order valence-corrected chi connectivity index (χ1v) is 9.60. The van der Waals surface area contributed by atoms with E-state index in [9.17, 15) is 0 Å². The van der Waals surface area contributed by atoms with E-state index in [1.54, 1.807) is 6.20 Å². The number of aliphatic imine (C=N–C) groups is 1. The molecule has 0 fully saturated rings. The van der Waals surface area contributed by atoms with Crippen LogP contribution in [0.25, 0.3) is 22.6 Å². The van der Waals surface area contributed by atoms with Gasteiger partial charge in [0.2, 0.25) is 0 Å². The van der Waals surface area contributed by atoms with Crippen LogP contribution in [0.15, 0.2) is 84.4 Å². The highest BCUT2D eigenvalue weighted by Gasteiger charge is 2.19. The molecule has 0 saturated carbocycles. The highest BCUT2D eigenvalue weighted by molar-refractivity contribution is 6.35. The Balaban J connectivity index is 1.45. The number of hydrogen-bond donors (Lipinski definition) is 0. The van der Waals surface area contributed by atoms with Crippen LogP contribution in [0.3, 0.4) is 0 Å². The molecule has 5 rings (SSSR count). The minimum Gasteiger partial charge on any atom is -0.305 e. The molecule has 0 N–H and O–H groups in total. The summed E-state index contributed by atoms with van der Waals surface area (Å²) in [5, 5.41) is 0. The van der Waals surface area contributed by atoms with E-state index in [1.165, 1.54) is 5.56 Å². The third kappa shape index (κ3) is 3.26. The molecule has 0 saturated heterocycles. The van der Waals surface area contributed by atoms with Crippen LogP contribution >= 0.6 is 0 Å². The number of pyridine rings is 2. The predicted octanol–water partition coefficient (Wildman–Crippen LogP) is 4.30. The number of fused-ring (bicyclic) bond motifs is 1. The van der Waals surface area contributed by atoms with Crippen molar-refractivity contribution in [3.05, 3.63) is 96.1 Å². The number of allylic oxidation sites excluding steroid dienone is 1. The van der Waals surface area contributed by atoms with Crippen molar-refractivity contribution in [3.63, 3.8) is 0 Å². The molecule has 4 aromatic rings. The van der Waals surface area contributed by atoms with Crippen molar-refractivity contribution in [1.29, 1.82) is 0 Å². The van der Waals surface area contributed by atoms with E-state index in [-0.39, 0.29) is 0 Å². The van der Waals surface area contributed by atoms with Crippen LogP contribution in [0.4, 0.5) is 0 Å². The normalized spacial score (nSPS) is 13.3. The topological polar surface area (TPSA) is 45.8 Å². The Morgan fingerprint density at radius 2 is 1.72 bits per heavy atom. The second kappa shape index (κ2) is 7.11. The number of nitrogens with zero attached hydrogens (tertiary/aromatic N) is 5. The standard InChI is InChI=1S/C24H21N5/c1-28(2)15-17-6-8-18(9-7-17)24-20(13-27-24)19-10-11-23-26-14-22(29(23)16-19)21-5-3-4-12-25-21/h3-14,16H,15H2,1-2H3. The zero-order valence-electron chi connectivity index (χ0n) is 16.4. The van der Waals surface area contributed by atoms with Crippen molar-refractivity contribution in [2.24, 2.45) is 4.99 Å². The van der Waals surface area contributed by atoms with Crippen molar-refractivity contribution in [2.45, 2.75) is 6.54 Å². The fourth-order valence-corrected chi connectivity index (χ4v) is 3.61. The lowest BCUT2D eigenvalue weighted by Crippen LogP contribution is -2.13. The summed E-state index contributed by atoms with van der Waals surface area (Å²) in [4.78, 5) is 15.7. The van der Waals surface area contributed by atoms with E-state index in [0.29, 0.717) is 0 Å². The largest absolute Gasteiger partial charge is 0.305 e. The minimum atomic E-state index is 0.904. The van der Waals surface area contributed by atoms with Gasteiger partial charge in [-0.25, -0.2) is 4.98 Å². The fourth-order valence-electron chi connectivity index (χ4n) is 3.61. The van der Waals surface area contributed by atoms with Gasteiger partial charge in [-0.2, -0.15) is 0 Å². The van der Waals surface area contributed by atoms with E-state index in [1.807, 2.05) is 36.7 Å². The van der Waals surface area contributed by atoms with Crippen LogP contribution in [0.2, 0.25) is 0 Å². The molecule has 0 atom stereocenters. The van der Waals surface area contributed by atoms with Gasteiger partial charge in [0.25, 0.3) is 0 Å². The quantitative estimate of drug-likeness (QED) is 0.519. The Morgan fingerprint density at radius 1 is 0.897 bits per heavy atom. The molecule has 0 unspecified atom stereocenters. The average molecular weight is 379 g/mol. The minimum absolute atomic E-state index is 0.904. The van der Waals surface area contributed by atoms with Crippen LogP contribution in [0.1, 0.15) is 16.7 Å². The van der Waals surface area contributed by atoms with Crippen LogP contribution < -0.4 is 0 Å². The zero-order valence-corrected chi connectivity index (χ0v) is 16.4. The molecule has 1 aliphatic heterocycles. The van der Waals surface area contributed by atoms with Gasteiger partial charge in [-0.3, -0.25) is 14.4 Å². The van der Waals surface area contributed by atoms with Crippen LogP contribution in [-0.2, 0) is 6.54 Å². The van der Waals surface area contributed by atoms with Crippen molar-refractivity contribution >= 4 is 16.9 Å². The molecule has 29 heavy (non-hydrogen) atoms. The summed E-state index contributed by atoms with van der Waals surface area (Å²) in [5.41, 5.74) is 8.52. The number of aromatic nitrogens is 3. The molecule has 0 radical (unpaired) electrons. The maximum absolute atomic E-state index is 4.54. The summed E-state index contributed by atoms with van der Waals surface area (Å²) in [6.45, 7) is 0.934. The summed E-state index contributed by atoms with van der Waals surface area (Å²) in [5.74, 6) is 0. The van der Waals surface area contributed by atoms with Gasteiger partial charge in [-0.1, -0.05) is 30.3 Å². The predicted molar refractivity (Wildman–Crippen MR) is 117 cm³/mol. The second-order valence-electron chi connectivity index (χ2n) is 7.46. The molecule has 5 nitrogen and oxygen atoms in total. The molecule has 142 valence electrons. The third-order valence-corrected chi connectivity index (χ3v) is 5.05. The van der Waals surface area contributed by atoms with Gasteiger partial charge in [0.15, 0.2) is 0 Å². The highest BCUT2D eigenvalue weighted by Crippen LogP contribution is 2.29. The van der Waals surface area contributed by atoms with Gasteiger partial charge in [-0.05, 0) is 43.9 Å². The molecule has 0 aliphatic carbocycles. The first-order valence-electron chi connectivity index (χ1n) is 9.60. The van der Waals surface area contributed by atoms with Gasteiger partial charge < -0.3 is 4.90 Å². The van der Waals surface area contributed by atoms with Gasteiger partial charge in [-0.15, -0.1) is 0 Å². The average Bonchev–Trinajstić information content (AvgIpc) is 3.12. The lowest BCUT2D eigenvalue weighted by molar-refractivity contribution is 0.402. The highest BCUT2D eigenvalue weighted by atomic mass is 15.0. The Bertz CT molecular complexity index is 1230. The molecule has 4 heterocycles. The Kier molecular flexibility index (Phi) is 4.30. The maximum atomic E-state index is 4.54. The van der Waals surface area contributed by atoms with Gasteiger partial charge in [0.05, 0.1) is 23.3 Å². The third-order valence-electron chi connectivity index (χ3n) is 5.05. The molecule has 1 aromatic carbocycles. The van der Waals surface area contributed by atoms with Crippen LogP contribution in [-0.4, -0.2) is 39.1 Å². The Morgan fingerprint density at radius 3 is 2.41 bits per heavy atom. The van der Waals surface area contributed by atoms with E-state index in [0.717, 1.165) is 46.0 Å². The van der Waals surface area contributed by atoms with Crippen molar-refractivity contribution in [3.8, 4) is 11.4 Å². The molecule has 1 aliphatic rings. The summed E-state index contributed by atoms with van der Waals surface area (Å²) in [6.07, 6.45) is 7.72. The van der Waals surface area contributed by atoms with Crippen molar-refractivity contribution in [2.75, 3.05) is 14.1 Å². The second-order valence-corrected chi connectivity index (χ2v) is 7.46. The van der Waals surface area contributed by atoms with Gasteiger partial charge in [0.1, 0.15) is 5.65 Å². The van der Waals surface area contributed by atoms with E-state index in [2.05, 4.69) is 74.9 Å². The molecule has 5 heteroatoms. The summed E-state index contributed by atoms with van der Waals surface area (Å²) < 4.78 is 2.09. The molecule has 0 spiro atoms. The zero-order chi connectivity index (χ0) is 19.8. The monoisotopic (exact) mass is 379 g/mol. The van der Waals surface area contributed by atoms with Gasteiger partial charge >= 0.3 is 0 Å². The molecular weight excluding hydrogens is 358 g/mol. The maximum Gasteiger partial charge on any atom is 0.137 e. The molecule has 0 amide bonds. The van der Waals surface area contributed by atoms with E-state index < -0.39 is 0 Å². The smallest absolute Gasteiger partial charge is 0.137 e. The Hall–Kier alpha value is -3.57. The van der Waals surface area contributed by atoms with E-state index >= 15 is 0 Å². The first-order chi connectivity index (χ1) is 14.2. The van der Waals surface area contributed by atoms with Crippen molar-refractivity contribution in [1.82, 2.24) is 19.3 Å². The summed E-state index contributed by atoms with van der Waals surface area (Å²) >= 11 is 0. The number of imidazole rings is 1. The lowest BCUT2D eigenvalue weighted by Gasteiger charge is -2.18. The fraction of sp³-hybridized carbons (Fsp3) is 0.125. The summed E-state index contributed by atoms with van der Waals surface area (Å²) in [6, 6.07) is 18.7. The lowest BCUT2D eigenvalue weighted by atomic mass is 9.94. The Labute approximate surface area is 169 Å². The molecular formula is C24H21N5. The number of rotatable bonds is 5. The number of hydrogen-bond acceptors (Lipinski definition) is 4. The van der Waals surface area contributed by atoms with E-state index in [4.69, 9.17) is 0 Å². The molecule has 0 bridgehead atoms.